The van der Waals surface area contributed by atoms with E-state index >= 15 is 4.39 Å². The van der Waals surface area contributed by atoms with Crippen LogP contribution in [0.1, 0.15) is 102 Å². The van der Waals surface area contributed by atoms with Crippen molar-refractivity contribution in [1.29, 1.82) is 0 Å². The van der Waals surface area contributed by atoms with Crippen molar-refractivity contribution < 1.29 is 18.3 Å². The van der Waals surface area contributed by atoms with E-state index in [9.17, 15) is 4.39 Å². The zero-order chi connectivity index (χ0) is 21.1. The quantitative estimate of drug-likeness (QED) is 0.424. The van der Waals surface area contributed by atoms with Crippen LogP contribution in [-0.2, 0) is 12.8 Å². The lowest BCUT2D eigenvalue weighted by molar-refractivity contribution is 0.0689. The van der Waals surface area contributed by atoms with Gasteiger partial charge < -0.3 is 9.47 Å². The Balaban J connectivity index is 1.47. The largest absolute Gasteiger partial charge is 0.487 e. The zero-order valence-corrected chi connectivity index (χ0v) is 18.8. The van der Waals surface area contributed by atoms with Crippen molar-refractivity contribution in [1.82, 2.24) is 0 Å². The summed E-state index contributed by atoms with van der Waals surface area (Å²) in [6, 6.07) is 0. The summed E-state index contributed by atoms with van der Waals surface area (Å²) in [4.78, 5) is 0. The first-order valence-corrected chi connectivity index (χ1v) is 12.5. The molecular formula is C26H38F2O2. The third-order valence-electron chi connectivity index (χ3n) is 7.70. The molecule has 168 valence electrons. The van der Waals surface area contributed by atoms with Gasteiger partial charge in [-0.1, -0.05) is 52.4 Å². The van der Waals surface area contributed by atoms with E-state index in [0.29, 0.717) is 5.92 Å². The highest BCUT2D eigenvalue weighted by molar-refractivity contribution is 5.52. The Bertz CT molecular complexity index is 724. The predicted molar refractivity (Wildman–Crippen MR) is 116 cm³/mol. The van der Waals surface area contributed by atoms with Crippen LogP contribution in [0.15, 0.2) is 0 Å². The molecule has 0 saturated heterocycles. The molecule has 1 fully saturated rings. The summed E-state index contributed by atoms with van der Waals surface area (Å²) in [5.74, 6) is 0.000558. The van der Waals surface area contributed by atoms with E-state index in [0.717, 1.165) is 81.3 Å². The monoisotopic (exact) mass is 420 g/mol. The van der Waals surface area contributed by atoms with Gasteiger partial charge >= 0.3 is 0 Å². The summed E-state index contributed by atoms with van der Waals surface area (Å²) < 4.78 is 42.1. The van der Waals surface area contributed by atoms with Gasteiger partial charge in [-0.25, -0.2) is 0 Å². The molecule has 0 N–H and O–H groups in total. The summed E-state index contributed by atoms with van der Waals surface area (Å²) in [7, 11) is 0. The molecule has 0 spiro atoms. The second-order valence-corrected chi connectivity index (χ2v) is 9.78. The first-order valence-electron chi connectivity index (χ1n) is 12.5. The van der Waals surface area contributed by atoms with Crippen LogP contribution in [0, 0.1) is 23.5 Å². The number of hydrogen-bond donors (Lipinski definition) is 0. The van der Waals surface area contributed by atoms with Crippen molar-refractivity contribution in [3.05, 3.63) is 22.8 Å². The van der Waals surface area contributed by atoms with Crippen molar-refractivity contribution in [2.24, 2.45) is 11.8 Å². The van der Waals surface area contributed by atoms with E-state index in [4.69, 9.17) is 9.47 Å². The third-order valence-corrected chi connectivity index (χ3v) is 7.70. The number of unbranched alkanes of at least 4 members (excludes halogenated alkanes) is 2. The molecule has 2 atom stereocenters. The molecule has 0 amide bonds. The Hall–Kier alpha value is -1.32. The summed E-state index contributed by atoms with van der Waals surface area (Å²) in [6.45, 7) is 4.42. The minimum absolute atomic E-state index is 0.00608. The second-order valence-electron chi connectivity index (χ2n) is 9.78. The number of hydrogen-bond acceptors (Lipinski definition) is 2. The molecular weight excluding hydrogens is 382 g/mol. The van der Waals surface area contributed by atoms with Crippen LogP contribution >= 0.6 is 0 Å². The molecule has 0 bridgehead atoms. The lowest BCUT2D eigenvalue weighted by Gasteiger charge is -2.38. The number of rotatable bonds is 7. The Labute approximate surface area is 180 Å². The summed E-state index contributed by atoms with van der Waals surface area (Å²) in [5, 5.41) is 0. The molecule has 2 heterocycles. The Morgan fingerprint density at radius 3 is 2.07 bits per heavy atom. The number of fused-ring (bicyclic) bond motifs is 3. The van der Waals surface area contributed by atoms with Gasteiger partial charge in [0.1, 0.15) is 6.10 Å². The summed E-state index contributed by atoms with van der Waals surface area (Å²) in [5.41, 5.74) is 1.73. The van der Waals surface area contributed by atoms with Gasteiger partial charge in [-0.05, 0) is 63.2 Å². The first kappa shape index (κ1) is 21.9. The van der Waals surface area contributed by atoms with Crippen LogP contribution in [0.2, 0.25) is 0 Å². The lowest BCUT2D eigenvalue weighted by atomic mass is 9.76. The normalized spacial score (nSPS) is 28.3. The van der Waals surface area contributed by atoms with Crippen LogP contribution in [0.4, 0.5) is 8.78 Å². The molecule has 30 heavy (non-hydrogen) atoms. The fraction of sp³-hybridized carbons (Fsp3) is 0.769. The smallest absolute Gasteiger partial charge is 0.204 e. The van der Waals surface area contributed by atoms with Crippen molar-refractivity contribution in [3.63, 3.8) is 0 Å². The van der Waals surface area contributed by atoms with Crippen LogP contribution in [0.5, 0.6) is 11.5 Å². The van der Waals surface area contributed by atoms with E-state index in [1.165, 1.54) is 25.7 Å². The van der Waals surface area contributed by atoms with Crippen LogP contribution in [0.3, 0.4) is 0 Å². The second kappa shape index (κ2) is 9.87. The molecule has 3 aliphatic rings. The van der Waals surface area contributed by atoms with Crippen LogP contribution < -0.4 is 9.47 Å². The molecule has 4 heteroatoms. The molecule has 1 aromatic carbocycles. The maximum atomic E-state index is 15.0. The Morgan fingerprint density at radius 2 is 1.40 bits per heavy atom. The summed E-state index contributed by atoms with van der Waals surface area (Å²) in [6.07, 6.45) is 15.1. The third kappa shape index (κ3) is 4.48. The maximum Gasteiger partial charge on any atom is 0.204 e. The van der Waals surface area contributed by atoms with Gasteiger partial charge in [0, 0.05) is 11.1 Å². The predicted octanol–water partition coefficient (Wildman–Crippen LogP) is 7.54. The maximum absolute atomic E-state index is 15.0. The molecule has 2 nitrogen and oxygen atoms in total. The fourth-order valence-corrected chi connectivity index (χ4v) is 5.95. The number of halogens is 2. The van der Waals surface area contributed by atoms with Gasteiger partial charge in [-0.15, -0.1) is 0 Å². The average molecular weight is 421 g/mol. The van der Waals surface area contributed by atoms with Gasteiger partial charge in [0.25, 0.3) is 0 Å². The highest BCUT2D eigenvalue weighted by Gasteiger charge is 2.37. The molecule has 1 aliphatic carbocycles. The van der Waals surface area contributed by atoms with Crippen LogP contribution in [-0.4, -0.2) is 12.2 Å². The standard InChI is InChI=1S/C26H38F2O2/c1-3-5-6-8-19-13-14-20-21-15-16-22(18-11-9-17(7-4-2)10-12-18)30-26(21)24(28)23(27)25(20)29-19/h17-19,22H,3-16H2,1-2H3/t17?,18?,19-,22+/m0/s1. The minimum Gasteiger partial charge on any atom is -0.487 e. The molecule has 2 aliphatic heterocycles. The van der Waals surface area contributed by atoms with Crippen molar-refractivity contribution >= 4 is 0 Å². The molecule has 0 aromatic heterocycles. The molecule has 1 saturated carbocycles. The highest BCUT2D eigenvalue weighted by atomic mass is 19.2. The van der Waals surface area contributed by atoms with E-state index in [1.54, 1.807) is 0 Å². The Kier molecular flexibility index (Phi) is 7.20. The highest BCUT2D eigenvalue weighted by Crippen LogP contribution is 2.46. The SMILES string of the molecule is CCCCC[C@H]1CCc2c3c(c(F)c(F)c2O1)O[C@@H](C1CCC(CCC)CC1)CC3. The zero-order valence-electron chi connectivity index (χ0n) is 18.8. The average Bonchev–Trinajstić information content (AvgIpc) is 2.78. The summed E-state index contributed by atoms with van der Waals surface area (Å²) >= 11 is 0. The first-order chi connectivity index (χ1) is 14.6. The van der Waals surface area contributed by atoms with E-state index in [2.05, 4.69) is 13.8 Å². The van der Waals surface area contributed by atoms with E-state index in [-0.39, 0.29) is 23.7 Å². The Morgan fingerprint density at radius 1 is 0.733 bits per heavy atom. The van der Waals surface area contributed by atoms with E-state index in [1.807, 2.05) is 0 Å². The van der Waals surface area contributed by atoms with Gasteiger partial charge in [-0.2, -0.15) is 8.78 Å². The van der Waals surface area contributed by atoms with Crippen molar-refractivity contribution in [3.8, 4) is 11.5 Å². The molecule has 1 aromatic rings. The van der Waals surface area contributed by atoms with Gasteiger partial charge in [-0.3, -0.25) is 0 Å². The number of benzene rings is 1. The molecule has 0 radical (unpaired) electrons. The molecule has 4 rings (SSSR count). The van der Waals surface area contributed by atoms with Gasteiger partial charge in [0.05, 0.1) is 6.10 Å². The number of ether oxygens (including phenoxy) is 2. The van der Waals surface area contributed by atoms with Gasteiger partial charge in [0.15, 0.2) is 11.5 Å². The minimum atomic E-state index is -0.837. The van der Waals surface area contributed by atoms with Crippen molar-refractivity contribution in [2.45, 2.75) is 116 Å². The lowest BCUT2D eigenvalue weighted by Crippen LogP contribution is -2.35. The van der Waals surface area contributed by atoms with Crippen LogP contribution in [0.25, 0.3) is 0 Å². The van der Waals surface area contributed by atoms with Gasteiger partial charge in [0.2, 0.25) is 11.6 Å². The van der Waals surface area contributed by atoms with E-state index < -0.39 is 11.6 Å². The van der Waals surface area contributed by atoms with Crippen molar-refractivity contribution in [2.75, 3.05) is 0 Å². The topological polar surface area (TPSA) is 18.5 Å². The fourth-order valence-electron chi connectivity index (χ4n) is 5.95. The molecule has 0 unspecified atom stereocenters.